The smallest absolute Gasteiger partial charge is 0.326 e. The second-order valence-electron chi connectivity index (χ2n) is 5.19. The number of amides is 3. The average molecular weight is 297 g/mol. The monoisotopic (exact) mass is 297 g/mol. The molecule has 0 aliphatic carbocycles. The first-order valence-corrected chi connectivity index (χ1v) is 7.06. The zero-order chi connectivity index (χ0) is 15.6. The van der Waals surface area contributed by atoms with Gasteiger partial charge in [0.25, 0.3) is 0 Å². The first-order chi connectivity index (χ1) is 9.95. The topological polar surface area (TPSA) is 98.2 Å². The summed E-state index contributed by atoms with van der Waals surface area (Å²) in [5, 5.41) is 9.06. The third kappa shape index (κ3) is 2.98. The molecule has 0 spiro atoms. The number of carbonyl (C=O) groups is 4. The molecule has 8 nitrogen and oxygen atoms in total. The van der Waals surface area contributed by atoms with Gasteiger partial charge in [0.2, 0.25) is 5.91 Å². The molecule has 1 atom stereocenters. The number of likely N-dealkylation sites (N-methyl/N-ethyl adjacent to an activating group) is 1. The summed E-state index contributed by atoms with van der Waals surface area (Å²) >= 11 is 0. The SMILES string of the molecule is CCN1CCN(CC(=O)N2CCC[C@H]2C(=O)O)C(=O)C1=O. The van der Waals surface area contributed by atoms with Crippen LogP contribution in [0.5, 0.6) is 0 Å². The van der Waals surface area contributed by atoms with Crippen molar-refractivity contribution in [3.05, 3.63) is 0 Å². The summed E-state index contributed by atoms with van der Waals surface area (Å²) in [6.07, 6.45) is 1.07. The minimum atomic E-state index is -1.03. The van der Waals surface area contributed by atoms with Crippen LogP contribution in [0, 0.1) is 0 Å². The summed E-state index contributed by atoms with van der Waals surface area (Å²) in [5.74, 6) is -2.74. The van der Waals surface area contributed by atoms with Crippen molar-refractivity contribution in [2.45, 2.75) is 25.8 Å². The minimum absolute atomic E-state index is 0.230. The van der Waals surface area contributed by atoms with Crippen molar-refractivity contribution >= 4 is 23.7 Å². The Hall–Kier alpha value is -2.12. The highest BCUT2D eigenvalue weighted by atomic mass is 16.4. The number of aliphatic carboxylic acids is 1. The van der Waals surface area contributed by atoms with Gasteiger partial charge in [-0.1, -0.05) is 0 Å². The van der Waals surface area contributed by atoms with Gasteiger partial charge in [-0.25, -0.2) is 4.79 Å². The van der Waals surface area contributed by atoms with Gasteiger partial charge < -0.3 is 19.8 Å². The van der Waals surface area contributed by atoms with Crippen molar-refractivity contribution < 1.29 is 24.3 Å². The lowest BCUT2D eigenvalue weighted by Gasteiger charge is -2.34. The Morgan fingerprint density at radius 1 is 1.14 bits per heavy atom. The molecule has 2 aliphatic heterocycles. The van der Waals surface area contributed by atoms with E-state index in [2.05, 4.69) is 0 Å². The Morgan fingerprint density at radius 2 is 1.76 bits per heavy atom. The van der Waals surface area contributed by atoms with Crippen molar-refractivity contribution in [3.8, 4) is 0 Å². The minimum Gasteiger partial charge on any atom is -0.480 e. The number of rotatable bonds is 4. The first kappa shape index (κ1) is 15.3. The molecule has 0 bridgehead atoms. The highest BCUT2D eigenvalue weighted by molar-refractivity contribution is 6.35. The fourth-order valence-corrected chi connectivity index (χ4v) is 2.74. The molecule has 2 heterocycles. The van der Waals surface area contributed by atoms with E-state index < -0.39 is 29.7 Å². The molecule has 8 heteroatoms. The maximum atomic E-state index is 12.2. The Kier molecular flexibility index (Phi) is 4.44. The van der Waals surface area contributed by atoms with E-state index in [1.807, 2.05) is 0 Å². The number of piperazine rings is 1. The number of nitrogens with zero attached hydrogens (tertiary/aromatic N) is 3. The average Bonchev–Trinajstić information content (AvgIpc) is 2.94. The molecule has 0 saturated carbocycles. The van der Waals surface area contributed by atoms with E-state index in [1.54, 1.807) is 6.92 Å². The van der Waals surface area contributed by atoms with E-state index in [-0.39, 0.29) is 6.54 Å². The zero-order valence-corrected chi connectivity index (χ0v) is 11.9. The summed E-state index contributed by atoms with van der Waals surface area (Å²) in [7, 11) is 0. The Balaban J connectivity index is 1.98. The zero-order valence-electron chi connectivity index (χ0n) is 11.9. The van der Waals surface area contributed by atoms with Gasteiger partial charge in [-0.05, 0) is 19.8 Å². The molecule has 0 unspecified atom stereocenters. The fraction of sp³-hybridized carbons (Fsp3) is 0.692. The molecule has 1 N–H and O–H groups in total. The van der Waals surface area contributed by atoms with Crippen LogP contribution < -0.4 is 0 Å². The van der Waals surface area contributed by atoms with Crippen LogP contribution in [0.4, 0.5) is 0 Å². The standard InChI is InChI=1S/C13H19N3O5/c1-2-14-6-7-15(12(19)11(14)18)8-10(17)16-5-3-4-9(16)13(20)21/h9H,2-8H2,1H3,(H,20,21)/t9-/m0/s1. The number of carboxylic acids is 1. The van der Waals surface area contributed by atoms with Gasteiger partial charge in [0.15, 0.2) is 0 Å². The second-order valence-corrected chi connectivity index (χ2v) is 5.19. The number of likely N-dealkylation sites (tertiary alicyclic amines) is 1. The van der Waals surface area contributed by atoms with E-state index in [0.29, 0.717) is 39.0 Å². The fourth-order valence-electron chi connectivity index (χ4n) is 2.74. The number of carboxylic acid groups (broad SMARTS) is 1. The van der Waals surface area contributed by atoms with Crippen molar-refractivity contribution in [2.24, 2.45) is 0 Å². The molecule has 0 aromatic rings. The quantitative estimate of drug-likeness (QED) is 0.654. The van der Waals surface area contributed by atoms with Crippen LogP contribution in [0.1, 0.15) is 19.8 Å². The van der Waals surface area contributed by atoms with Crippen LogP contribution in [-0.4, -0.2) is 82.3 Å². The van der Waals surface area contributed by atoms with Gasteiger partial charge in [-0.3, -0.25) is 14.4 Å². The van der Waals surface area contributed by atoms with E-state index in [9.17, 15) is 19.2 Å². The third-order valence-electron chi connectivity index (χ3n) is 3.96. The highest BCUT2D eigenvalue weighted by Gasteiger charge is 2.37. The second kappa shape index (κ2) is 6.11. The summed E-state index contributed by atoms with van der Waals surface area (Å²) in [6, 6.07) is -0.819. The van der Waals surface area contributed by atoms with Crippen LogP contribution in [0.3, 0.4) is 0 Å². The summed E-state index contributed by atoms with van der Waals surface area (Å²) in [4.78, 5) is 50.8. The Labute approximate surface area is 122 Å². The first-order valence-electron chi connectivity index (χ1n) is 7.06. The van der Waals surface area contributed by atoms with E-state index >= 15 is 0 Å². The Bertz CT molecular complexity index is 478. The molecule has 2 aliphatic rings. The third-order valence-corrected chi connectivity index (χ3v) is 3.96. The summed E-state index contributed by atoms with van der Waals surface area (Å²) < 4.78 is 0. The maximum absolute atomic E-state index is 12.2. The van der Waals surface area contributed by atoms with Crippen LogP contribution in [0.25, 0.3) is 0 Å². The van der Waals surface area contributed by atoms with Gasteiger partial charge in [0, 0.05) is 26.2 Å². The molecular formula is C13H19N3O5. The van der Waals surface area contributed by atoms with Crippen LogP contribution in [-0.2, 0) is 19.2 Å². The largest absolute Gasteiger partial charge is 0.480 e. The van der Waals surface area contributed by atoms with Crippen molar-refractivity contribution in [3.63, 3.8) is 0 Å². The van der Waals surface area contributed by atoms with Gasteiger partial charge >= 0.3 is 17.8 Å². The van der Waals surface area contributed by atoms with E-state index in [4.69, 9.17) is 5.11 Å². The van der Waals surface area contributed by atoms with Crippen molar-refractivity contribution in [1.29, 1.82) is 0 Å². The van der Waals surface area contributed by atoms with Crippen LogP contribution >= 0.6 is 0 Å². The summed E-state index contributed by atoms with van der Waals surface area (Å²) in [6.45, 7) is 3.10. The van der Waals surface area contributed by atoms with Crippen molar-refractivity contribution in [2.75, 3.05) is 32.7 Å². The normalized spacial score (nSPS) is 22.9. The molecule has 0 aromatic carbocycles. The van der Waals surface area contributed by atoms with Crippen LogP contribution in [0.15, 0.2) is 0 Å². The number of hydrogen-bond acceptors (Lipinski definition) is 4. The van der Waals surface area contributed by atoms with E-state index in [1.165, 1.54) is 14.7 Å². The molecular weight excluding hydrogens is 278 g/mol. The Morgan fingerprint density at radius 3 is 2.38 bits per heavy atom. The van der Waals surface area contributed by atoms with Gasteiger partial charge in [0.1, 0.15) is 12.6 Å². The predicted molar refractivity (Wildman–Crippen MR) is 71.2 cm³/mol. The predicted octanol–water partition coefficient (Wildman–Crippen LogP) is -1.25. The highest BCUT2D eigenvalue weighted by Crippen LogP contribution is 2.18. The van der Waals surface area contributed by atoms with Gasteiger partial charge in [-0.2, -0.15) is 0 Å². The summed E-state index contributed by atoms with van der Waals surface area (Å²) in [5.41, 5.74) is 0. The van der Waals surface area contributed by atoms with Crippen LogP contribution in [0.2, 0.25) is 0 Å². The molecule has 21 heavy (non-hydrogen) atoms. The molecule has 0 radical (unpaired) electrons. The van der Waals surface area contributed by atoms with Crippen molar-refractivity contribution in [1.82, 2.24) is 14.7 Å². The lowest BCUT2D eigenvalue weighted by Crippen LogP contribution is -2.57. The number of hydrogen-bond donors (Lipinski definition) is 1. The molecule has 2 saturated heterocycles. The van der Waals surface area contributed by atoms with Gasteiger partial charge in [0.05, 0.1) is 0 Å². The number of carbonyl (C=O) groups excluding carboxylic acids is 3. The lowest BCUT2D eigenvalue weighted by molar-refractivity contribution is -0.158. The molecule has 116 valence electrons. The maximum Gasteiger partial charge on any atom is 0.326 e. The van der Waals surface area contributed by atoms with E-state index in [0.717, 1.165) is 0 Å². The van der Waals surface area contributed by atoms with Gasteiger partial charge in [-0.15, -0.1) is 0 Å². The molecule has 2 rings (SSSR count). The molecule has 0 aromatic heterocycles. The lowest BCUT2D eigenvalue weighted by atomic mass is 10.2. The molecule has 2 fully saturated rings. The molecule has 3 amide bonds.